The molecular formula is C22H34ClFN4O2. The Morgan fingerprint density at radius 2 is 2.10 bits per heavy atom. The van der Waals surface area contributed by atoms with Crippen molar-refractivity contribution >= 4 is 17.6 Å². The van der Waals surface area contributed by atoms with Crippen molar-refractivity contribution in [3.8, 4) is 0 Å². The summed E-state index contributed by atoms with van der Waals surface area (Å²) in [5.41, 5.74) is 0.579. The highest BCUT2D eigenvalue weighted by Crippen LogP contribution is 2.32. The van der Waals surface area contributed by atoms with Gasteiger partial charge in [0.15, 0.2) is 5.96 Å². The number of methoxy groups -OCH3 is 1. The lowest BCUT2D eigenvalue weighted by atomic mass is 10.0. The number of halogens is 2. The molecule has 3 rings (SSSR count). The Morgan fingerprint density at radius 3 is 2.80 bits per heavy atom. The topological polar surface area (TPSA) is 49.3 Å². The minimum atomic E-state index is -0.245. The number of likely N-dealkylation sites (tertiary alicyclic amines) is 2. The van der Waals surface area contributed by atoms with Gasteiger partial charge in [-0.05, 0) is 44.5 Å². The van der Waals surface area contributed by atoms with Crippen molar-refractivity contribution in [3.63, 3.8) is 0 Å². The van der Waals surface area contributed by atoms with Crippen molar-refractivity contribution in [1.29, 1.82) is 0 Å². The summed E-state index contributed by atoms with van der Waals surface area (Å²) in [6, 6.07) is 4.81. The summed E-state index contributed by atoms with van der Waals surface area (Å²) < 4.78 is 25.4. The molecule has 0 radical (unpaired) electrons. The van der Waals surface area contributed by atoms with Gasteiger partial charge in [-0.2, -0.15) is 0 Å². The third kappa shape index (κ3) is 6.06. The van der Waals surface area contributed by atoms with Crippen LogP contribution in [-0.2, 0) is 9.47 Å². The van der Waals surface area contributed by atoms with Gasteiger partial charge in [-0.1, -0.05) is 17.7 Å². The lowest BCUT2D eigenvalue weighted by Gasteiger charge is -2.31. The maximum atomic E-state index is 14.7. The SMILES string of the molecule is CN=C(NCC(c1c(F)cccc1Cl)N1CCCC1)N1CCC(COCCOC)C1. The largest absolute Gasteiger partial charge is 0.382 e. The molecule has 8 heteroatoms. The molecule has 168 valence electrons. The second-order valence-corrected chi connectivity index (χ2v) is 8.40. The summed E-state index contributed by atoms with van der Waals surface area (Å²) in [5, 5.41) is 3.97. The van der Waals surface area contributed by atoms with Crippen molar-refractivity contribution in [2.75, 3.05) is 66.7 Å². The molecule has 2 aliphatic rings. The quantitative estimate of drug-likeness (QED) is 0.363. The van der Waals surface area contributed by atoms with Crippen molar-refractivity contribution in [3.05, 3.63) is 34.6 Å². The van der Waals surface area contributed by atoms with E-state index in [4.69, 9.17) is 21.1 Å². The predicted octanol–water partition coefficient (Wildman–Crippen LogP) is 3.18. The minimum absolute atomic E-state index is 0.117. The van der Waals surface area contributed by atoms with Crippen molar-refractivity contribution in [2.24, 2.45) is 10.9 Å². The highest BCUT2D eigenvalue weighted by molar-refractivity contribution is 6.31. The van der Waals surface area contributed by atoms with Crippen LogP contribution in [0.4, 0.5) is 4.39 Å². The number of nitrogens with one attached hydrogen (secondary N) is 1. The molecule has 0 saturated carbocycles. The molecule has 1 aromatic carbocycles. The van der Waals surface area contributed by atoms with Crippen molar-refractivity contribution in [1.82, 2.24) is 15.1 Å². The molecule has 2 aliphatic heterocycles. The maximum absolute atomic E-state index is 14.7. The molecule has 2 unspecified atom stereocenters. The van der Waals surface area contributed by atoms with Gasteiger partial charge in [0.1, 0.15) is 5.82 Å². The van der Waals surface area contributed by atoms with Gasteiger partial charge in [0.25, 0.3) is 0 Å². The standard InChI is InChI=1S/C22H34ClFN4O2/c1-25-22(28-11-8-17(15-28)16-30-13-12-29-2)26-14-20(27-9-3-4-10-27)21-18(23)6-5-7-19(21)24/h5-7,17,20H,3-4,8-16H2,1-2H3,(H,25,26). The molecule has 0 aliphatic carbocycles. The summed E-state index contributed by atoms with van der Waals surface area (Å²) in [6.07, 6.45) is 3.34. The van der Waals surface area contributed by atoms with E-state index in [0.717, 1.165) is 58.0 Å². The van der Waals surface area contributed by atoms with Gasteiger partial charge in [-0.15, -0.1) is 0 Å². The minimum Gasteiger partial charge on any atom is -0.382 e. The summed E-state index contributed by atoms with van der Waals surface area (Å²) in [5.74, 6) is 1.09. The highest BCUT2D eigenvalue weighted by Gasteiger charge is 2.30. The zero-order valence-corrected chi connectivity index (χ0v) is 18.8. The summed E-state index contributed by atoms with van der Waals surface area (Å²) in [4.78, 5) is 9.06. The third-order valence-corrected chi connectivity index (χ3v) is 6.28. The van der Waals surface area contributed by atoms with Crippen LogP contribution < -0.4 is 5.32 Å². The van der Waals surface area contributed by atoms with Crippen molar-refractivity contribution < 1.29 is 13.9 Å². The number of benzene rings is 1. The number of ether oxygens (including phenoxy) is 2. The van der Waals surface area contributed by atoms with Gasteiger partial charge in [-0.25, -0.2) is 4.39 Å². The van der Waals surface area contributed by atoms with Crippen LogP contribution >= 0.6 is 11.6 Å². The number of hydrogen-bond acceptors (Lipinski definition) is 4. The van der Waals surface area contributed by atoms with Gasteiger partial charge in [-0.3, -0.25) is 9.89 Å². The molecule has 2 saturated heterocycles. The van der Waals surface area contributed by atoms with E-state index < -0.39 is 0 Å². The zero-order chi connectivity index (χ0) is 21.3. The van der Waals surface area contributed by atoms with Crippen LogP contribution in [0.1, 0.15) is 30.9 Å². The number of hydrogen-bond donors (Lipinski definition) is 1. The fourth-order valence-electron chi connectivity index (χ4n) is 4.37. The Balaban J connectivity index is 1.60. The fourth-order valence-corrected chi connectivity index (χ4v) is 4.66. The Hall–Kier alpha value is -1.41. The second kappa shape index (κ2) is 11.8. The fraction of sp³-hybridized carbons (Fsp3) is 0.682. The molecule has 0 bridgehead atoms. The highest BCUT2D eigenvalue weighted by atomic mass is 35.5. The first-order chi connectivity index (χ1) is 14.6. The van der Waals surface area contributed by atoms with Gasteiger partial charge in [0.05, 0.1) is 25.9 Å². The van der Waals surface area contributed by atoms with Crippen LogP contribution in [0.15, 0.2) is 23.2 Å². The maximum Gasteiger partial charge on any atom is 0.193 e. The van der Waals surface area contributed by atoms with E-state index in [1.165, 1.54) is 6.07 Å². The van der Waals surface area contributed by atoms with E-state index in [-0.39, 0.29) is 11.9 Å². The molecule has 2 heterocycles. The first kappa shape index (κ1) is 23.3. The Kier molecular flexibility index (Phi) is 9.18. The van der Waals surface area contributed by atoms with E-state index in [1.54, 1.807) is 26.3 Å². The molecule has 0 amide bonds. The number of guanidine groups is 1. The Morgan fingerprint density at radius 1 is 1.30 bits per heavy atom. The van der Waals surface area contributed by atoms with Crippen LogP contribution in [0.5, 0.6) is 0 Å². The van der Waals surface area contributed by atoms with Crippen molar-refractivity contribution in [2.45, 2.75) is 25.3 Å². The molecule has 6 nitrogen and oxygen atoms in total. The lowest BCUT2D eigenvalue weighted by molar-refractivity contribution is 0.0536. The van der Waals surface area contributed by atoms with Crippen LogP contribution in [-0.4, -0.2) is 82.5 Å². The van der Waals surface area contributed by atoms with E-state index >= 15 is 0 Å². The Labute approximate surface area is 184 Å². The predicted molar refractivity (Wildman–Crippen MR) is 119 cm³/mol. The van der Waals surface area contributed by atoms with Gasteiger partial charge in [0.2, 0.25) is 0 Å². The van der Waals surface area contributed by atoms with Crippen LogP contribution in [0.25, 0.3) is 0 Å². The van der Waals surface area contributed by atoms with Crippen LogP contribution in [0.3, 0.4) is 0 Å². The summed E-state index contributed by atoms with van der Waals surface area (Å²) in [7, 11) is 3.48. The first-order valence-corrected chi connectivity index (χ1v) is 11.2. The second-order valence-electron chi connectivity index (χ2n) is 7.99. The third-order valence-electron chi connectivity index (χ3n) is 5.95. The van der Waals surface area contributed by atoms with Crippen LogP contribution in [0.2, 0.25) is 5.02 Å². The monoisotopic (exact) mass is 440 g/mol. The van der Waals surface area contributed by atoms with Crippen LogP contribution in [0, 0.1) is 11.7 Å². The van der Waals surface area contributed by atoms with E-state index in [0.29, 0.717) is 36.3 Å². The van der Waals surface area contributed by atoms with Gasteiger partial charge in [0, 0.05) is 50.3 Å². The molecule has 1 aromatic rings. The smallest absolute Gasteiger partial charge is 0.193 e. The molecule has 0 aromatic heterocycles. The molecular weight excluding hydrogens is 407 g/mol. The zero-order valence-electron chi connectivity index (χ0n) is 18.1. The van der Waals surface area contributed by atoms with E-state index in [1.807, 2.05) is 0 Å². The summed E-state index contributed by atoms with van der Waals surface area (Å²) in [6.45, 7) is 6.31. The van der Waals surface area contributed by atoms with E-state index in [9.17, 15) is 4.39 Å². The summed E-state index contributed by atoms with van der Waals surface area (Å²) >= 11 is 6.41. The van der Waals surface area contributed by atoms with E-state index in [2.05, 4.69) is 20.1 Å². The van der Waals surface area contributed by atoms with Gasteiger partial charge < -0.3 is 19.7 Å². The first-order valence-electron chi connectivity index (χ1n) is 10.8. The molecule has 0 spiro atoms. The Bertz CT molecular complexity index is 679. The molecule has 1 N–H and O–H groups in total. The number of nitrogens with zero attached hydrogens (tertiary/aromatic N) is 3. The average Bonchev–Trinajstić information content (AvgIpc) is 3.42. The molecule has 30 heavy (non-hydrogen) atoms. The normalized spacial score (nSPS) is 21.4. The number of aliphatic imine (C=N–C) groups is 1. The van der Waals surface area contributed by atoms with Gasteiger partial charge >= 0.3 is 0 Å². The lowest BCUT2D eigenvalue weighted by Crippen LogP contribution is -2.44. The average molecular weight is 441 g/mol. The molecule has 2 fully saturated rings. The number of rotatable bonds is 9. The molecule has 2 atom stereocenters.